The highest BCUT2D eigenvalue weighted by Gasteiger charge is 2.31. The molecule has 8 heteroatoms. The second-order valence-corrected chi connectivity index (χ2v) is 6.17. The summed E-state index contributed by atoms with van der Waals surface area (Å²) in [5.41, 5.74) is 9.66. The van der Waals surface area contributed by atoms with Crippen LogP contribution in [0.3, 0.4) is 0 Å². The van der Waals surface area contributed by atoms with Crippen molar-refractivity contribution in [3.8, 4) is 17.2 Å². The van der Waals surface area contributed by atoms with Crippen LogP contribution in [0.25, 0.3) is 0 Å². The molecule has 0 fully saturated rings. The van der Waals surface area contributed by atoms with E-state index in [4.69, 9.17) is 24.9 Å². The average Bonchev–Trinajstić information content (AvgIpc) is 3.27. The number of nitrogens with zero attached hydrogens (tertiary/aromatic N) is 3. The fraction of sp³-hybridized carbons (Fsp3) is 0.200. The fourth-order valence-electron chi connectivity index (χ4n) is 3.39. The minimum Gasteiger partial charge on any atom is -0.493 e. The molecule has 1 aromatic heterocycles. The summed E-state index contributed by atoms with van der Waals surface area (Å²) >= 11 is 0. The Morgan fingerprint density at radius 1 is 1.04 bits per heavy atom. The second-order valence-electron chi connectivity index (χ2n) is 6.17. The van der Waals surface area contributed by atoms with Crippen molar-refractivity contribution in [3.05, 3.63) is 60.2 Å². The van der Waals surface area contributed by atoms with E-state index in [2.05, 4.69) is 14.9 Å². The van der Waals surface area contributed by atoms with E-state index in [9.17, 15) is 0 Å². The molecule has 0 saturated carbocycles. The Bertz CT molecular complexity index is 991. The highest BCUT2D eigenvalue weighted by molar-refractivity contribution is 6.05. The number of nitrogens with two attached hydrogens (primary N) is 1. The summed E-state index contributed by atoms with van der Waals surface area (Å²) in [5.74, 6) is 2.11. The molecule has 0 spiro atoms. The minimum absolute atomic E-state index is 0.416. The van der Waals surface area contributed by atoms with Gasteiger partial charge >= 0.3 is 0 Å². The topological polar surface area (TPSA) is 98.0 Å². The highest BCUT2D eigenvalue weighted by Crippen LogP contribution is 2.46. The molecule has 0 bridgehead atoms. The van der Waals surface area contributed by atoms with Gasteiger partial charge in [0, 0.05) is 17.7 Å². The lowest BCUT2D eigenvalue weighted by molar-refractivity contribution is 0.324. The Morgan fingerprint density at radius 2 is 1.75 bits per heavy atom. The number of aromatic amines is 1. The molecule has 0 aliphatic carbocycles. The molecule has 0 radical (unpaired) electrons. The summed E-state index contributed by atoms with van der Waals surface area (Å²) in [6.45, 7) is 0. The van der Waals surface area contributed by atoms with E-state index in [-0.39, 0.29) is 0 Å². The summed E-state index contributed by atoms with van der Waals surface area (Å²) in [5, 5.41) is 0. The molecule has 0 amide bonds. The number of aliphatic imine (C=N–C) groups is 1. The van der Waals surface area contributed by atoms with E-state index in [1.54, 1.807) is 33.9 Å². The molecule has 144 valence electrons. The number of nitrogens with one attached hydrogen (secondary N) is 1. The van der Waals surface area contributed by atoms with Gasteiger partial charge < -0.3 is 29.8 Å². The molecule has 1 aliphatic rings. The van der Waals surface area contributed by atoms with Crippen LogP contribution >= 0.6 is 0 Å². The van der Waals surface area contributed by atoms with Crippen molar-refractivity contribution >= 4 is 17.2 Å². The number of hydrogen-bond acceptors (Lipinski definition) is 7. The van der Waals surface area contributed by atoms with Crippen LogP contribution in [-0.2, 0) is 0 Å². The molecule has 4 rings (SSSR count). The van der Waals surface area contributed by atoms with E-state index < -0.39 is 6.17 Å². The SMILES string of the molecule is COc1cc(N2c3ccccc3C(N)=NC2c2cnc[nH]2)cc(OC)c1OC. The average molecular weight is 379 g/mol. The number of H-pyrrole nitrogens is 1. The first kappa shape index (κ1) is 17.7. The zero-order valence-electron chi connectivity index (χ0n) is 15.8. The van der Waals surface area contributed by atoms with Gasteiger partial charge in [-0.2, -0.15) is 0 Å². The van der Waals surface area contributed by atoms with E-state index in [0.717, 1.165) is 22.6 Å². The van der Waals surface area contributed by atoms with Crippen LogP contribution in [0.5, 0.6) is 17.2 Å². The number of aromatic nitrogens is 2. The number of hydrogen-bond donors (Lipinski definition) is 2. The number of methoxy groups -OCH3 is 3. The molecule has 1 unspecified atom stereocenters. The summed E-state index contributed by atoms with van der Waals surface area (Å²) in [6.07, 6.45) is 2.94. The summed E-state index contributed by atoms with van der Waals surface area (Å²) in [7, 11) is 4.76. The predicted molar refractivity (Wildman–Crippen MR) is 107 cm³/mol. The minimum atomic E-state index is -0.416. The molecule has 3 N–H and O–H groups in total. The summed E-state index contributed by atoms with van der Waals surface area (Å²) in [6, 6.07) is 11.6. The molecule has 2 heterocycles. The third-order valence-electron chi connectivity index (χ3n) is 4.67. The molecule has 3 aromatic rings. The van der Waals surface area contributed by atoms with Crippen molar-refractivity contribution in [2.24, 2.45) is 10.7 Å². The van der Waals surface area contributed by atoms with Crippen LogP contribution in [0.4, 0.5) is 11.4 Å². The number of benzene rings is 2. The maximum absolute atomic E-state index is 6.26. The van der Waals surface area contributed by atoms with E-state index >= 15 is 0 Å². The normalized spacial score (nSPS) is 15.6. The van der Waals surface area contributed by atoms with Crippen molar-refractivity contribution in [2.45, 2.75) is 6.17 Å². The number of ether oxygens (including phenoxy) is 3. The van der Waals surface area contributed by atoms with Gasteiger partial charge in [0.15, 0.2) is 17.7 Å². The number of fused-ring (bicyclic) bond motifs is 1. The number of para-hydroxylation sites is 1. The second kappa shape index (κ2) is 7.15. The number of rotatable bonds is 5. The Balaban J connectivity index is 1.95. The quantitative estimate of drug-likeness (QED) is 0.707. The molecular formula is C20H21N5O3. The Kier molecular flexibility index (Phi) is 4.52. The van der Waals surface area contributed by atoms with E-state index in [1.807, 2.05) is 36.4 Å². The zero-order valence-corrected chi connectivity index (χ0v) is 15.8. The van der Waals surface area contributed by atoms with Crippen molar-refractivity contribution in [3.63, 3.8) is 0 Å². The lowest BCUT2D eigenvalue weighted by atomic mass is 10.1. The van der Waals surface area contributed by atoms with Crippen molar-refractivity contribution in [1.82, 2.24) is 9.97 Å². The highest BCUT2D eigenvalue weighted by atomic mass is 16.5. The van der Waals surface area contributed by atoms with Gasteiger partial charge in [0.05, 0.1) is 50.9 Å². The van der Waals surface area contributed by atoms with Crippen molar-refractivity contribution < 1.29 is 14.2 Å². The zero-order chi connectivity index (χ0) is 19.7. The number of amidine groups is 1. The number of imidazole rings is 1. The molecule has 1 atom stereocenters. The predicted octanol–water partition coefficient (Wildman–Crippen LogP) is 2.99. The van der Waals surface area contributed by atoms with Gasteiger partial charge in [0.1, 0.15) is 5.84 Å². The van der Waals surface area contributed by atoms with Gasteiger partial charge in [0.25, 0.3) is 0 Å². The molecule has 2 aromatic carbocycles. The first-order valence-electron chi connectivity index (χ1n) is 8.68. The van der Waals surface area contributed by atoms with Crippen molar-refractivity contribution in [2.75, 3.05) is 26.2 Å². The largest absolute Gasteiger partial charge is 0.493 e. The lowest BCUT2D eigenvalue weighted by Gasteiger charge is -2.36. The molecular weight excluding hydrogens is 358 g/mol. The third-order valence-corrected chi connectivity index (χ3v) is 4.67. The standard InChI is InChI=1S/C20H21N5O3/c1-26-16-8-12(9-17(27-2)18(16)28-3)25-15-7-5-4-6-13(15)19(21)24-20(25)14-10-22-11-23-14/h4-11,20H,1-3H3,(H2,21,24)(H,22,23). The monoisotopic (exact) mass is 379 g/mol. The van der Waals surface area contributed by atoms with E-state index in [1.165, 1.54) is 0 Å². The summed E-state index contributed by atoms with van der Waals surface area (Å²) in [4.78, 5) is 14.0. The molecule has 28 heavy (non-hydrogen) atoms. The van der Waals surface area contributed by atoms with Gasteiger partial charge in [0.2, 0.25) is 5.75 Å². The van der Waals surface area contributed by atoms with Gasteiger partial charge in [-0.1, -0.05) is 12.1 Å². The third kappa shape index (κ3) is 2.79. The van der Waals surface area contributed by atoms with Gasteiger partial charge in [-0.25, -0.2) is 9.98 Å². The van der Waals surface area contributed by atoms with Crippen LogP contribution in [0, 0.1) is 0 Å². The molecule has 0 saturated heterocycles. The van der Waals surface area contributed by atoms with Crippen LogP contribution < -0.4 is 24.8 Å². The first-order valence-corrected chi connectivity index (χ1v) is 8.68. The van der Waals surface area contributed by atoms with Gasteiger partial charge in [-0.15, -0.1) is 0 Å². The first-order chi connectivity index (χ1) is 13.7. The molecule has 8 nitrogen and oxygen atoms in total. The van der Waals surface area contributed by atoms with Crippen LogP contribution in [0.15, 0.2) is 53.9 Å². The maximum Gasteiger partial charge on any atom is 0.203 e. The van der Waals surface area contributed by atoms with Gasteiger partial charge in [-0.05, 0) is 12.1 Å². The lowest BCUT2D eigenvalue weighted by Crippen LogP contribution is -2.32. The van der Waals surface area contributed by atoms with E-state index in [0.29, 0.717) is 23.1 Å². The van der Waals surface area contributed by atoms with Gasteiger partial charge in [-0.3, -0.25) is 0 Å². The molecule has 1 aliphatic heterocycles. The van der Waals surface area contributed by atoms with Crippen LogP contribution in [0.2, 0.25) is 0 Å². The smallest absolute Gasteiger partial charge is 0.203 e. The Hall–Kier alpha value is -3.68. The Morgan fingerprint density at radius 3 is 2.36 bits per heavy atom. The number of anilines is 2. The fourth-order valence-corrected chi connectivity index (χ4v) is 3.39. The summed E-state index contributed by atoms with van der Waals surface area (Å²) < 4.78 is 16.5. The van der Waals surface area contributed by atoms with Crippen LogP contribution in [0.1, 0.15) is 17.4 Å². The van der Waals surface area contributed by atoms with Crippen molar-refractivity contribution in [1.29, 1.82) is 0 Å². The Labute approximate surface area is 162 Å². The maximum atomic E-state index is 6.26. The van der Waals surface area contributed by atoms with Crippen LogP contribution in [-0.4, -0.2) is 37.1 Å².